The summed E-state index contributed by atoms with van der Waals surface area (Å²) < 4.78 is 1.05. The van der Waals surface area contributed by atoms with Gasteiger partial charge in [0.1, 0.15) is 12.1 Å². The van der Waals surface area contributed by atoms with Crippen LogP contribution in [0.3, 0.4) is 0 Å². The molecule has 4 aromatic rings. The van der Waals surface area contributed by atoms with Crippen molar-refractivity contribution in [1.82, 2.24) is 20.0 Å². The van der Waals surface area contributed by atoms with Crippen molar-refractivity contribution in [2.45, 2.75) is 45.1 Å². The minimum absolute atomic E-state index is 0.153. The lowest BCUT2D eigenvalue weighted by Crippen LogP contribution is -2.35. The molecule has 3 heterocycles. The zero-order valence-corrected chi connectivity index (χ0v) is 21.0. The molecule has 0 bridgehead atoms. The Morgan fingerprint density at radius 2 is 1.92 bits per heavy atom. The highest BCUT2D eigenvalue weighted by Gasteiger charge is 2.31. The standard InChI is InChI=1S/C27H26N6O3S/c34-24(15-33-26(36)20-8-4-5-9-21(20)30-31-33)29-27-28-22(16-37-27)18-10-11-23-19(14-18)12-13-32(23)25(35)17-6-2-1-3-7-17/h4-5,8-11,14,16-17H,1-3,6-7,12-13,15H2,(H,28,29,34). The molecule has 1 N–H and O–H groups in total. The summed E-state index contributed by atoms with van der Waals surface area (Å²) in [5.74, 6) is 0.0130. The number of nitrogens with one attached hydrogen (secondary N) is 1. The molecule has 9 nitrogen and oxygen atoms in total. The fraction of sp³-hybridized carbons (Fsp3) is 0.333. The van der Waals surface area contributed by atoms with Crippen LogP contribution in [0.25, 0.3) is 22.2 Å². The maximum absolute atomic E-state index is 13.1. The van der Waals surface area contributed by atoms with Gasteiger partial charge in [-0.3, -0.25) is 14.4 Å². The van der Waals surface area contributed by atoms with Gasteiger partial charge in [0, 0.05) is 29.1 Å². The smallest absolute Gasteiger partial charge is 0.278 e. The van der Waals surface area contributed by atoms with E-state index in [0.717, 1.165) is 65.8 Å². The van der Waals surface area contributed by atoms with Crippen LogP contribution in [0, 0.1) is 5.92 Å². The topological polar surface area (TPSA) is 110 Å². The highest BCUT2D eigenvalue weighted by atomic mass is 32.1. The molecule has 1 saturated carbocycles. The van der Waals surface area contributed by atoms with E-state index < -0.39 is 5.91 Å². The Hall–Kier alpha value is -3.92. The van der Waals surface area contributed by atoms with Crippen LogP contribution in [-0.4, -0.2) is 38.3 Å². The van der Waals surface area contributed by atoms with E-state index in [1.54, 1.807) is 24.3 Å². The molecule has 6 rings (SSSR count). The third-order valence-corrected chi connectivity index (χ3v) is 7.92. The maximum Gasteiger partial charge on any atom is 0.278 e. The van der Waals surface area contributed by atoms with Crippen molar-refractivity contribution < 1.29 is 9.59 Å². The number of rotatable bonds is 5. The predicted molar refractivity (Wildman–Crippen MR) is 143 cm³/mol. The number of anilines is 2. The lowest BCUT2D eigenvalue weighted by atomic mass is 9.88. The number of benzene rings is 2. The summed E-state index contributed by atoms with van der Waals surface area (Å²) in [5.41, 5.74) is 3.97. The SMILES string of the molecule is O=C(Cn1nnc2ccccc2c1=O)Nc1nc(-c2ccc3c(c2)CCN3C(=O)C2CCCCC2)cs1. The molecule has 2 aromatic heterocycles. The number of fused-ring (bicyclic) bond motifs is 2. The van der Waals surface area contributed by atoms with Gasteiger partial charge in [-0.25, -0.2) is 9.67 Å². The molecule has 0 radical (unpaired) electrons. The number of amides is 2. The van der Waals surface area contributed by atoms with Gasteiger partial charge in [0.2, 0.25) is 11.8 Å². The minimum Gasteiger partial charge on any atom is -0.312 e. The first-order chi connectivity index (χ1) is 18.1. The molecular weight excluding hydrogens is 488 g/mol. The molecule has 2 aliphatic rings. The molecule has 2 amide bonds. The first kappa shape index (κ1) is 23.5. The molecule has 37 heavy (non-hydrogen) atoms. The first-order valence-corrected chi connectivity index (χ1v) is 13.5. The van der Waals surface area contributed by atoms with Crippen molar-refractivity contribution >= 4 is 44.9 Å². The number of aromatic nitrogens is 4. The molecule has 1 fully saturated rings. The third-order valence-electron chi connectivity index (χ3n) is 7.16. The molecule has 1 aliphatic carbocycles. The van der Waals surface area contributed by atoms with E-state index in [1.807, 2.05) is 22.4 Å². The monoisotopic (exact) mass is 514 g/mol. The number of carbonyl (C=O) groups excluding carboxylic acids is 2. The number of nitrogens with zero attached hydrogens (tertiary/aromatic N) is 5. The van der Waals surface area contributed by atoms with E-state index in [4.69, 9.17) is 0 Å². The van der Waals surface area contributed by atoms with Crippen LogP contribution in [0.4, 0.5) is 10.8 Å². The second-order valence-electron chi connectivity index (χ2n) is 9.57. The summed E-state index contributed by atoms with van der Waals surface area (Å²) >= 11 is 1.32. The molecule has 0 unspecified atom stereocenters. The van der Waals surface area contributed by atoms with E-state index in [-0.39, 0.29) is 23.9 Å². The van der Waals surface area contributed by atoms with Gasteiger partial charge in [0.25, 0.3) is 5.56 Å². The average Bonchev–Trinajstić information content (AvgIpc) is 3.57. The highest BCUT2D eigenvalue weighted by molar-refractivity contribution is 7.14. The summed E-state index contributed by atoms with van der Waals surface area (Å²) in [5, 5.41) is 13.4. The Bertz CT molecular complexity index is 1560. The summed E-state index contributed by atoms with van der Waals surface area (Å²) in [4.78, 5) is 44.8. The number of thiazole rings is 1. The van der Waals surface area contributed by atoms with Crippen molar-refractivity contribution in [2.24, 2.45) is 5.92 Å². The summed E-state index contributed by atoms with van der Waals surface area (Å²) in [6, 6.07) is 13.0. The van der Waals surface area contributed by atoms with E-state index in [0.29, 0.717) is 16.0 Å². The summed E-state index contributed by atoms with van der Waals surface area (Å²) in [6.07, 6.45) is 6.35. The van der Waals surface area contributed by atoms with E-state index >= 15 is 0 Å². The molecular formula is C27H26N6O3S. The lowest BCUT2D eigenvalue weighted by molar-refractivity contribution is -0.123. The molecule has 1 aliphatic heterocycles. The van der Waals surface area contributed by atoms with Crippen LogP contribution in [-0.2, 0) is 22.6 Å². The Balaban J connectivity index is 1.14. The van der Waals surface area contributed by atoms with E-state index in [2.05, 4.69) is 26.7 Å². The number of carbonyl (C=O) groups is 2. The fourth-order valence-electron chi connectivity index (χ4n) is 5.25. The number of hydrogen-bond acceptors (Lipinski definition) is 7. The fourth-order valence-corrected chi connectivity index (χ4v) is 5.98. The average molecular weight is 515 g/mol. The van der Waals surface area contributed by atoms with Crippen LogP contribution >= 0.6 is 11.3 Å². The molecule has 10 heteroatoms. The van der Waals surface area contributed by atoms with Gasteiger partial charge in [0.15, 0.2) is 5.13 Å². The summed E-state index contributed by atoms with van der Waals surface area (Å²) in [7, 11) is 0. The van der Waals surface area contributed by atoms with Gasteiger partial charge in [-0.05, 0) is 49.1 Å². The Morgan fingerprint density at radius 1 is 1.08 bits per heavy atom. The highest BCUT2D eigenvalue weighted by Crippen LogP contribution is 2.36. The van der Waals surface area contributed by atoms with Gasteiger partial charge in [-0.2, -0.15) is 0 Å². The quantitative estimate of drug-likeness (QED) is 0.431. The Morgan fingerprint density at radius 3 is 2.78 bits per heavy atom. The van der Waals surface area contributed by atoms with Crippen LogP contribution in [0.15, 0.2) is 52.6 Å². The maximum atomic E-state index is 13.1. The predicted octanol–water partition coefficient (Wildman–Crippen LogP) is 4.02. The van der Waals surface area contributed by atoms with Crippen molar-refractivity contribution in [1.29, 1.82) is 0 Å². The Labute approximate surface area is 217 Å². The molecule has 0 saturated heterocycles. The first-order valence-electron chi connectivity index (χ1n) is 12.6. The van der Waals surface area contributed by atoms with Crippen molar-refractivity contribution in [3.63, 3.8) is 0 Å². The van der Waals surface area contributed by atoms with Crippen LogP contribution in [0.5, 0.6) is 0 Å². The van der Waals surface area contributed by atoms with E-state index in [9.17, 15) is 14.4 Å². The third kappa shape index (κ3) is 4.64. The van der Waals surface area contributed by atoms with E-state index in [1.165, 1.54) is 17.8 Å². The van der Waals surface area contributed by atoms with Gasteiger partial charge in [-0.1, -0.05) is 42.7 Å². The lowest BCUT2D eigenvalue weighted by Gasteiger charge is -2.26. The summed E-state index contributed by atoms with van der Waals surface area (Å²) in [6.45, 7) is 0.471. The molecule has 0 spiro atoms. The van der Waals surface area contributed by atoms with Gasteiger partial charge in [0.05, 0.1) is 11.1 Å². The van der Waals surface area contributed by atoms with Gasteiger partial charge >= 0.3 is 0 Å². The van der Waals surface area contributed by atoms with Crippen molar-refractivity contribution in [2.75, 3.05) is 16.8 Å². The van der Waals surface area contributed by atoms with Crippen molar-refractivity contribution in [3.05, 3.63) is 63.8 Å². The number of hydrogen-bond donors (Lipinski definition) is 1. The second-order valence-corrected chi connectivity index (χ2v) is 10.4. The second kappa shape index (κ2) is 9.85. The molecule has 0 atom stereocenters. The van der Waals surface area contributed by atoms with Crippen LogP contribution in [0.2, 0.25) is 0 Å². The molecule has 188 valence electrons. The van der Waals surface area contributed by atoms with Crippen LogP contribution < -0.4 is 15.8 Å². The van der Waals surface area contributed by atoms with Gasteiger partial charge < -0.3 is 10.2 Å². The Kier molecular flexibility index (Phi) is 6.25. The molecule has 2 aromatic carbocycles. The minimum atomic E-state index is -0.404. The normalized spacial score (nSPS) is 15.6. The van der Waals surface area contributed by atoms with Gasteiger partial charge in [-0.15, -0.1) is 16.4 Å². The zero-order valence-electron chi connectivity index (χ0n) is 20.2. The van der Waals surface area contributed by atoms with Crippen LogP contribution in [0.1, 0.15) is 37.7 Å². The largest absolute Gasteiger partial charge is 0.312 e. The van der Waals surface area contributed by atoms with Crippen molar-refractivity contribution in [3.8, 4) is 11.3 Å². The zero-order chi connectivity index (χ0) is 25.4.